The normalized spacial score (nSPS) is 16.9. The molecule has 1 heterocycles. The van der Waals surface area contributed by atoms with Crippen molar-refractivity contribution in [3.8, 4) is 0 Å². The summed E-state index contributed by atoms with van der Waals surface area (Å²) in [6, 6.07) is 7.29. The Hall–Kier alpha value is -2.90. The van der Waals surface area contributed by atoms with Crippen LogP contribution in [-0.2, 0) is 25.6 Å². The molecular formula is C29H46N4O4. The van der Waals surface area contributed by atoms with Crippen molar-refractivity contribution in [1.82, 2.24) is 20.4 Å². The number of piperidine rings is 1. The van der Waals surface area contributed by atoms with Crippen molar-refractivity contribution >= 4 is 23.6 Å². The van der Waals surface area contributed by atoms with E-state index in [1.54, 1.807) is 7.05 Å². The molecule has 0 bridgehead atoms. The van der Waals surface area contributed by atoms with Crippen LogP contribution in [0.3, 0.4) is 0 Å². The molecule has 1 aliphatic rings. The number of hydrogen-bond acceptors (Lipinski definition) is 4. The van der Waals surface area contributed by atoms with Gasteiger partial charge in [0.1, 0.15) is 18.1 Å². The van der Waals surface area contributed by atoms with E-state index in [9.17, 15) is 19.2 Å². The molecule has 0 radical (unpaired) electrons. The van der Waals surface area contributed by atoms with Crippen molar-refractivity contribution in [3.05, 3.63) is 35.9 Å². The molecule has 1 fully saturated rings. The third-order valence-electron chi connectivity index (χ3n) is 7.32. The van der Waals surface area contributed by atoms with Gasteiger partial charge in [0.25, 0.3) is 0 Å². The number of likely N-dealkylation sites (tertiary alicyclic amines) is 1. The highest BCUT2D eigenvalue weighted by Crippen LogP contribution is 2.17. The topological polar surface area (TPSA) is 98.8 Å². The van der Waals surface area contributed by atoms with Crippen LogP contribution in [0.1, 0.15) is 72.3 Å². The lowest BCUT2D eigenvalue weighted by molar-refractivity contribution is -0.141. The molecule has 0 aliphatic carbocycles. The number of amides is 4. The van der Waals surface area contributed by atoms with Gasteiger partial charge in [0.15, 0.2) is 0 Å². The molecule has 206 valence electrons. The predicted molar refractivity (Wildman–Crippen MR) is 146 cm³/mol. The zero-order valence-corrected chi connectivity index (χ0v) is 23.5. The first-order valence-electron chi connectivity index (χ1n) is 13.7. The van der Waals surface area contributed by atoms with Gasteiger partial charge in [0.05, 0.1) is 0 Å². The molecule has 4 atom stereocenters. The van der Waals surface area contributed by atoms with E-state index in [4.69, 9.17) is 0 Å². The highest BCUT2D eigenvalue weighted by molar-refractivity contribution is 5.94. The Morgan fingerprint density at radius 3 is 2.11 bits per heavy atom. The summed E-state index contributed by atoms with van der Waals surface area (Å²) in [6.07, 6.45) is 4.57. The number of carbonyl (C=O) groups excluding carboxylic acids is 4. The molecule has 2 N–H and O–H groups in total. The van der Waals surface area contributed by atoms with E-state index in [2.05, 4.69) is 10.6 Å². The van der Waals surface area contributed by atoms with Crippen LogP contribution in [-0.4, -0.2) is 71.7 Å². The zero-order valence-electron chi connectivity index (χ0n) is 23.5. The number of likely N-dealkylation sites (N-methyl/N-ethyl adjacent to an activating group) is 1. The van der Waals surface area contributed by atoms with Crippen LogP contribution in [0.25, 0.3) is 0 Å². The van der Waals surface area contributed by atoms with Crippen LogP contribution in [0.15, 0.2) is 30.3 Å². The number of nitrogens with zero attached hydrogens (tertiary/aromatic N) is 2. The van der Waals surface area contributed by atoms with Crippen molar-refractivity contribution in [2.24, 2.45) is 11.8 Å². The van der Waals surface area contributed by atoms with E-state index >= 15 is 0 Å². The van der Waals surface area contributed by atoms with Crippen molar-refractivity contribution in [3.63, 3.8) is 0 Å². The monoisotopic (exact) mass is 514 g/mol. The minimum absolute atomic E-state index is 0.0385. The van der Waals surface area contributed by atoms with Crippen LogP contribution < -0.4 is 10.6 Å². The fourth-order valence-corrected chi connectivity index (χ4v) is 4.68. The van der Waals surface area contributed by atoms with E-state index in [1.807, 2.05) is 62.9 Å². The van der Waals surface area contributed by atoms with E-state index < -0.39 is 18.1 Å². The lowest BCUT2D eigenvalue weighted by atomic mass is 9.95. The van der Waals surface area contributed by atoms with Gasteiger partial charge in [-0.25, -0.2) is 0 Å². The quantitative estimate of drug-likeness (QED) is 0.448. The number of carbonyl (C=O) groups is 4. The molecule has 0 unspecified atom stereocenters. The van der Waals surface area contributed by atoms with Gasteiger partial charge in [-0.2, -0.15) is 0 Å². The average molecular weight is 515 g/mol. The maximum Gasteiger partial charge on any atom is 0.245 e. The third-order valence-corrected chi connectivity index (χ3v) is 7.32. The standard InChI is InChI=1S/C29H46N4O4/c1-7-21(4)26(29(37)33-16-12-9-13-17-33)31-27(35)24(18-20(2)3)30-28(36)25(32(6)22(5)34)19-23-14-10-8-11-15-23/h8,10-11,14-15,20-21,24-26H,7,9,12-13,16-19H2,1-6H3,(H,30,36)(H,31,35)/t21-,24-,25-,26-/m0/s1. The van der Waals surface area contributed by atoms with E-state index in [0.29, 0.717) is 25.9 Å². The third kappa shape index (κ3) is 9.17. The van der Waals surface area contributed by atoms with Gasteiger partial charge in [-0.05, 0) is 43.1 Å². The van der Waals surface area contributed by atoms with Gasteiger partial charge in [-0.15, -0.1) is 0 Å². The first-order chi connectivity index (χ1) is 17.5. The second kappa shape index (κ2) is 14.7. The first-order valence-corrected chi connectivity index (χ1v) is 13.7. The molecule has 1 aromatic rings. The maximum atomic E-state index is 13.5. The summed E-state index contributed by atoms with van der Waals surface area (Å²) >= 11 is 0. The summed E-state index contributed by atoms with van der Waals surface area (Å²) in [5.74, 6) is -0.927. The van der Waals surface area contributed by atoms with Crippen LogP contribution >= 0.6 is 0 Å². The van der Waals surface area contributed by atoms with Gasteiger partial charge >= 0.3 is 0 Å². The summed E-state index contributed by atoms with van der Waals surface area (Å²) in [4.78, 5) is 55.8. The van der Waals surface area contributed by atoms with Gasteiger partial charge in [0.2, 0.25) is 23.6 Å². The molecule has 2 rings (SSSR count). The smallest absolute Gasteiger partial charge is 0.245 e. The highest BCUT2D eigenvalue weighted by atomic mass is 16.2. The summed E-state index contributed by atoms with van der Waals surface area (Å²) in [6.45, 7) is 10.8. The average Bonchev–Trinajstić information content (AvgIpc) is 2.89. The first kappa shape index (κ1) is 30.3. The maximum absolute atomic E-state index is 13.5. The molecule has 0 saturated carbocycles. The summed E-state index contributed by atoms with van der Waals surface area (Å²) in [7, 11) is 1.60. The SMILES string of the molecule is CC[C@H](C)[C@H](NC(=O)[C@H](CC(C)C)NC(=O)[C@H](Cc1ccccc1)N(C)C(C)=O)C(=O)N1CCCCC1. The molecular weight excluding hydrogens is 468 g/mol. The van der Waals surface area contributed by atoms with Crippen LogP contribution in [0.4, 0.5) is 0 Å². The van der Waals surface area contributed by atoms with Crippen LogP contribution in [0.5, 0.6) is 0 Å². The van der Waals surface area contributed by atoms with E-state index in [1.165, 1.54) is 11.8 Å². The highest BCUT2D eigenvalue weighted by Gasteiger charge is 2.34. The van der Waals surface area contributed by atoms with Gasteiger partial charge in [-0.1, -0.05) is 64.4 Å². The Kier molecular flexibility index (Phi) is 12.1. The fraction of sp³-hybridized carbons (Fsp3) is 0.655. The van der Waals surface area contributed by atoms with Crippen molar-refractivity contribution in [2.75, 3.05) is 20.1 Å². The van der Waals surface area contributed by atoms with E-state index in [-0.39, 0.29) is 35.5 Å². The number of hydrogen-bond donors (Lipinski definition) is 2. The Balaban J connectivity index is 2.23. The number of nitrogens with one attached hydrogen (secondary N) is 2. The Bertz CT molecular complexity index is 898. The van der Waals surface area contributed by atoms with Crippen molar-refractivity contribution in [2.45, 2.75) is 91.3 Å². The molecule has 1 aliphatic heterocycles. The minimum atomic E-state index is -0.813. The lowest BCUT2D eigenvalue weighted by Gasteiger charge is -2.34. The molecule has 8 nitrogen and oxygen atoms in total. The summed E-state index contributed by atoms with van der Waals surface area (Å²) < 4.78 is 0. The second-order valence-corrected chi connectivity index (χ2v) is 10.8. The van der Waals surface area contributed by atoms with Crippen molar-refractivity contribution < 1.29 is 19.2 Å². The largest absolute Gasteiger partial charge is 0.342 e. The van der Waals surface area contributed by atoms with Crippen molar-refractivity contribution in [1.29, 1.82) is 0 Å². The predicted octanol–water partition coefficient (Wildman–Crippen LogP) is 3.15. The van der Waals surface area contributed by atoms with Gasteiger partial charge in [0, 0.05) is 33.5 Å². The lowest BCUT2D eigenvalue weighted by Crippen LogP contribution is -2.59. The number of benzene rings is 1. The fourth-order valence-electron chi connectivity index (χ4n) is 4.68. The van der Waals surface area contributed by atoms with Crippen LogP contribution in [0, 0.1) is 11.8 Å². The molecule has 0 spiro atoms. The summed E-state index contributed by atoms with van der Waals surface area (Å²) in [5.41, 5.74) is 0.921. The van der Waals surface area contributed by atoms with E-state index in [0.717, 1.165) is 31.2 Å². The molecule has 1 aromatic carbocycles. The zero-order chi connectivity index (χ0) is 27.5. The molecule has 4 amide bonds. The Labute approximate surface area is 222 Å². The molecule has 8 heteroatoms. The van der Waals surface area contributed by atoms with Gasteiger partial charge < -0.3 is 20.4 Å². The van der Waals surface area contributed by atoms with Crippen LogP contribution in [0.2, 0.25) is 0 Å². The van der Waals surface area contributed by atoms with Gasteiger partial charge in [-0.3, -0.25) is 19.2 Å². The Morgan fingerprint density at radius 2 is 1.57 bits per heavy atom. The molecule has 37 heavy (non-hydrogen) atoms. The number of rotatable bonds is 12. The molecule has 0 aromatic heterocycles. The Morgan fingerprint density at radius 1 is 0.946 bits per heavy atom. The summed E-state index contributed by atoms with van der Waals surface area (Å²) in [5, 5.41) is 5.91. The molecule has 1 saturated heterocycles. The second-order valence-electron chi connectivity index (χ2n) is 10.8. The minimum Gasteiger partial charge on any atom is -0.342 e.